The first kappa shape index (κ1) is 21.0. The first-order valence-corrected chi connectivity index (χ1v) is 8.84. The summed E-state index contributed by atoms with van der Waals surface area (Å²) in [6.45, 7) is 4.89. The van der Waals surface area contributed by atoms with E-state index in [1.807, 2.05) is 13.8 Å². The van der Waals surface area contributed by atoms with E-state index in [4.69, 9.17) is 0 Å². The molecule has 3 amide bonds. The maximum absolute atomic E-state index is 13.5. The van der Waals surface area contributed by atoms with Crippen molar-refractivity contribution < 1.29 is 27.2 Å². The van der Waals surface area contributed by atoms with Crippen molar-refractivity contribution in [2.24, 2.45) is 5.92 Å². The zero-order chi connectivity index (χ0) is 20.2. The molecule has 1 aromatic carbocycles. The lowest BCUT2D eigenvalue weighted by molar-refractivity contribution is -0.140. The van der Waals surface area contributed by atoms with E-state index in [1.54, 1.807) is 4.90 Å². The second kappa shape index (κ2) is 8.58. The van der Waals surface area contributed by atoms with Gasteiger partial charge in [0.05, 0.1) is 5.56 Å². The summed E-state index contributed by atoms with van der Waals surface area (Å²) in [5, 5.41) is 5.03. The van der Waals surface area contributed by atoms with E-state index in [-0.39, 0.29) is 23.6 Å². The molecule has 1 heterocycles. The zero-order valence-corrected chi connectivity index (χ0v) is 15.2. The molecule has 0 spiro atoms. The smallest absolute Gasteiger partial charge is 0.342 e. The lowest BCUT2D eigenvalue weighted by Crippen LogP contribution is -2.48. The van der Waals surface area contributed by atoms with E-state index in [0.717, 1.165) is 12.5 Å². The molecule has 0 saturated carbocycles. The topological polar surface area (TPSA) is 61.4 Å². The number of anilines is 1. The van der Waals surface area contributed by atoms with Gasteiger partial charge in [0.1, 0.15) is 5.82 Å². The summed E-state index contributed by atoms with van der Waals surface area (Å²) in [5.74, 6) is -1.38. The van der Waals surface area contributed by atoms with Gasteiger partial charge in [-0.05, 0) is 37.5 Å². The van der Waals surface area contributed by atoms with Gasteiger partial charge in [-0.3, -0.25) is 4.79 Å². The number of nitrogens with one attached hydrogen (secondary N) is 2. The molecule has 1 aliphatic rings. The summed E-state index contributed by atoms with van der Waals surface area (Å²) in [5.41, 5.74) is -1.45. The van der Waals surface area contributed by atoms with Crippen LogP contribution in [0.5, 0.6) is 0 Å². The minimum atomic E-state index is -4.79. The van der Waals surface area contributed by atoms with Crippen LogP contribution in [0.2, 0.25) is 0 Å². The second-order valence-corrected chi connectivity index (χ2v) is 6.70. The molecule has 1 aliphatic heterocycles. The van der Waals surface area contributed by atoms with Crippen LogP contribution in [0.15, 0.2) is 18.2 Å². The van der Waals surface area contributed by atoms with Crippen LogP contribution < -0.4 is 10.6 Å². The molecule has 2 rings (SSSR count). The molecule has 1 saturated heterocycles. The summed E-state index contributed by atoms with van der Waals surface area (Å²) >= 11 is 0. The fourth-order valence-corrected chi connectivity index (χ4v) is 2.91. The van der Waals surface area contributed by atoms with Gasteiger partial charge >= 0.3 is 12.2 Å². The Morgan fingerprint density at radius 1 is 1.26 bits per heavy atom. The molecule has 1 aromatic rings. The maximum Gasteiger partial charge on any atom is 0.419 e. The number of nitrogens with zero attached hydrogens (tertiary/aromatic N) is 1. The molecule has 0 radical (unpaired) electrons. The van der Waals surface area contributed by atoms with Crippen LogP contribution in [0, 0.1) is 11.7 Å². The van der Waals surface area contributed by atoms with Gasteiger partial charge < -0.3 is 15.5 Å². The van der Waals surface area contributed by atoms with Gasteiger partial charge in [0, 0.05) is 30.7 Å². The minimum Gasteiger partial charge on any atom is -0.342 e. The van der Waals surface area contributed by atoms with Crippen LogP contribution in [0.25, 0.3) is 0 Å². The SMILES string of the molecule is CC[C@H](C)C(=O)N1CCC(NC(=O)Nc2ccc(C(F)(F)F)c(F)c2)CC1. The van der Waals surface area contributed by atoms with E-state index < -0.39 is 23.6 Å². The first-order valence-electron chi connectivity index (χ1n) is 8.84. The van der Waals surface area contributed by atoms with Gasteiger partial charge in [-0.15, -0.1) is 0 Å². The summed E-state index contributed by atoms with van der Waals surface area (Å²) in [6.07, 6.45) is -2.86. The predicted octanol–water partition coefficient (Wildman–Crippen LogP) is 4.00. The van der Waals surface area contributed by atoms with Gasteiger partial charge in [0.15, 0.2) is 0 Å². The third-order valence-corrected chi connectivity index (χ3v) is 4.71. The lowest BCUT2D eigenvalue weighted by Gasteiger charge is -2.33. The largest absolute Gasteiger partial charge is 0.419 e. The molecule has 5 nitrogen and oxygen atoms in total. The van der Waals surface area contributed by atoms with Crippen molar-refractivity contribution >= 4 is 17.6 Å². The third kappa shape index (κ3) is 5.58. The highest BCUT2D eigenvalue weighted by molar-refractivity contribution is 5.89. The number of hydrogen-bond donors (Lipinski definition) is 2. The zero-order valence-electron chi connectivity index (χ0n) is 15.2. The van der Waals surface area contributed by atoms with Crippen LogP contribution in [-0.2, 0) is 11.0 Å². The summed E-state index contributed by atoms with van der Waals surface area (Å²) < 4.78 is 51.2. The van der Waals surface area contributed by atoms with Crippen LogP contribution in [0.3, 0.4) is 0 Å². The highest BCUT2D eigenvalue weighted by atomic mass is 19.4. The summed E-state index contributed by atoms with van der Waals surface area (Å²) in [4.78, 5) is 25.9. The number of hydrogen-bond acceptors (Lipinski definition) is 2. The average molecular weight is 389 g/mol. The number of carbonyl (C=O) groups is 2. The van der Waals surface area contributed by atoms with E-state index >= 15 is 0 Å². The van der Waals surface area contributed by atoms with E-state index in [1.165, 1.54) is 0 Å². The molecule has 0 aliphatic carbocycles. The van der Waals surface area contributed by atoms with Crippen molar-refractivity contribution in [3.8, 4) is 0 Å². The summed E-state index contributed by atoms with van der Waals surface area (Å²) in [7, 11) is 0. The molecule has 0 bridgehead atoms. The van der Waals surface area contributed by atoms with Gasteiger partial charge in [-0.2, -0.15) is 13.2 Å². The number of halogens is 4. The Hall–Kier alpha value is -2.32. The van der Waals surface area contributed by atoms with E-state index in [9.17, 15) is 27.2 Å². The van der Waals surface area contributed by atoms with Crippen molar-refractivity contribution in [2.45, 2.75) is 45.3 Å². The third-order valence-electron chi connectivity index (χ3n) is 4.71. The Labute approximate surface area is 155 Å². The monoisotopic (exact) mass is 389 g/mol. The Balaban J connectivity index is 1.85. The molecular weight excluding hydrogens is 366 g/mol. The number of carbonyl (C=O) groups excluding carboxylic acids is 2. The molecule has 0 unspecified atom stereocenters. The first-order chi connectivity index (χ1) is 12.6. The molecule has 1 atom stereocenters. The van der Waals surface area contributed by atoms with Gasteiger partial charge in [-0.1, -0.05) is 13.8 Å². The lowest BCUT2D eigenvalue weighted by atomic mass is 10.0. The number of amides is 3. The average Bonchev–Trinajstić information content (AvgIpc) is 2.60. The van der Waals surface area contributed by atoms with Gasteiger partial charge in [-0.25, -0.2) is 9.18 Å². The van der Waals surface area contributed by atoms with E-state index in [2.05, 4.69) is 10.6 Å². The predicted molar refractivity (Wildman–Crippen MR) is 92.6 cm³/mol. The Kier molecular flexibility index (Phi) is 6.67. The van der Waals surface area contributed by atoms with Crippen LogP contribution >= 0.6 is 0 Å². The van der Waals surface area contributed by atoms with Crippen molar-refractivity contribution in [3.05, 3.63) is 29.6 Å². The Morgan fingerprint density at radius 3 is 2.41 bits per heavy atom. The minimum absolute atomic E-state index is 0.0348. The van der Waals surface area contributed by atoms with Crippen molar-refractivity contribution in [3.63, 3.8) is 0 Å². The molecule has 2 N–H and O–H groups in total. The van der Waals surface area contributed by atoms with E-state index in [0.29, 0.717) is 38.1 Å². The fraction of sp³-hybridized carbons (Fsp3) is 0.556. The molecule has 9 heteroatoms. The summed E-state index contributed by atoms with van der Waals surface area (Å²) in [6, 6.07) is 1.43. The highest BCUT2D eigenvalue weighted by Crippen LogP contribution is 2.32. The number of likely N-dealkylation sites (tertiary alicyclic amines) is 1. The van der Waals surface area contributed by atoms with Crippen molar-refractivity contribution in [2.75, 3.05) is 18.4 Å². The Bertz CT molecular complexity index is 686. The quantitative estimate of drug-likeness (QED) is 0.765. The van der Waals surface area contributed by atoms with Gasteiger partial charge in [0.2, 0.25) is 5.91 Å². The number of alkyl halides is 3. The van der Waals surface area contributed by atoms with Crippen molar-refractivity contribution in [1.29, 1.82) is 0 Å². The number of urea groups is 1. The molecule has 1 fully saturated rings. The molecule has 150 valence electrons. The number of rotatable bonds is 4. The number of piperidine rings is 1. The highest BCUT2D eigenvalue weighted by Gasteiger charge is 2.34. The van der Waals surface area contributed by atoms with Crippen LogP contribution in [-0.4, -0.2) is 36.0 Å². The Morgan fingerprint density at radius 2 is 1.89 bits per heavy atom. The molecular formula is C18H23F4N3O2. The van der Waals surface area contributed by atoms with Crippen LogP contribution in [0.4, 0.5) is 28.0 Å². The van der Waals surface area contributed by atoms with Crippen molar-refractivity contribution in [1.82, 2.24) is 10.2 Å². The van der Waals surface area contributed by atoms with Crippen LogP contribution in [0.1, 0.15) is 38.7 Å². The number of benzene rings is 1. The molecule has 27 heavy (non-hydrogen) atoms. The maximum atomic E-state index is 13.5. The fourth-order valence-electron chi connectivity index (χ4n) is 2.91. The second-order valence-electron chi connectivity index (χ2n) is 6.70. The standard InChI is InChI=1S/C18H23F4N3O2/c1-3-11(2)16(26)25-8-6-12(7-9-25)23-17(27)24-13-4-5-14(15(19)10-13)18(20,21)22/h4-5,10-12H,3,6-9H2,1-2H3,(H2,23,24,27)/t11-/m0/s1. The normalized spacial score (nSPS) is 16.7. The molecule has 0 aromatic heterocycles. The van der Waals surface area contributed by atoms with Gasteiger partial charge in [0.25, 0.3) is 0 Å².